The Morgan fingerprint density at radius 3 is 2.71 bits per heavy atom. The molecule has 2 N–H and O–H groups in total. The summed E-state index contributed by atoms with van der Waals surface area (Å²) < 4.78 is 17.2. The van der Waals surface area contributed by atoms with Crippen molar-refractivity contribution in [3.8, 4) is 17.2 Å². The summed E-state index contributed by atoms with van der Waals surface area (Å²) in [6.07, 6.45) is 2.67. The normalized spacial score (nSPS) is 14.1. The largest absolute Gasteiger partial charge is 0.493 e. The Morgan fingerprint density at radius 2 is 1.93 bits per heavy atom. The van der Waals surface area contributed by atoms with Gasteiger partial charge < -0.3 is 24.8 Å². The highest BCUT2D eigenvalue weighted by Crippen LogP contribution is 2.40. The van der Waals surface area contributed by atoms with E-state index in [0.29, 0.717) is 6.54 Å². The predicted molar refractivity (Wildman–Crippen MR) is 108 cm³/mol. The van der Waals surface area contributed by atoms with Crippen LogP contribution < -0.4 is 24.8 Å². The molecule has 0 aliphatic carbocycles. The van der Waals surface area contributed by atoms with Gasteiger partial charge in [-0.15, -0.1) is 0 Å². The lowest BCUT2D eigenvalue weighted by Gasteiger charge is -2.14. The molecule has 2 aliphatic heterocycles. The summed E-state index contributed by atoms with van der Waals surface area (Å²) in [5.41, 5.74) is 4.34. The topological polar surface area (TPSA) is 68.8 Å². The van der Waals surface area contributed by atoms with Gasteiger partial charge in [-0.25, -0.2) is 4.79 Å². The first kappa shape index (κ1) is 18.5. The Kier molecular flexibility index (Phi) is 5.28. The van der Waals surface area contributed by atoms with Crippen LogP contribution >= 0.6 is 0 Å². The second kappa shape index (κ2) is 8.00. The van der Waals surface area contributed by atoms with E-state index in [1.54, 1.807) is 0 Å². The summed E-state index contributed by atoms with van der Waals surface area (Å²) in [4.78, 5) is 12.2. The average molecular weight is 382 g/mol. The Hall–Kier alpha value is -2.89. The van der Waals surface area contributed by atoms with Crippen molar-refractivity contribution >= 4 is 11.7 Å². The Bertz CT molecular complexity index is 830. The number of rotatable bonds is 6. The van der Waals surface area contributed by atoms with Crippen LogP contribution in [0.4, 0.5) is 10.5 Å². The lowest BCUT2D eigenvalue weighted by molar-refractivity contribution is 0.242. The van der Waals surface area contributed by atoms with E-state index < -0.39 is 0 Å². The molecule has 0 fully saturated rings. The lowest BCUT2D eigenvalue weighted by Crippen LogP contribution is -2.30. The quantitative estimate of drug-likeness (QED) is 0.799. The highest BCUT2D eigenvalue weighted by Gasteiger charge is 2.26. The van der Waals surface area contributed by atoms with Gasteiger partial charge in [0.25, 0.3) is 0 Å². The minimum Gasteiger partial charge on any atom is -0.493 e. The second-order valence-corrected chi connectivity index (χ2v) is 7.34. The van der Waals surface area contributed by atoms with Crippen LogP contribution in [-0.4, -0.2) is 31.9 Å². The van der Waals surface area contributed by atoms with Crippen molar-refractivity contribution in [1.29, 1.82) is 0 Å². The number of urea groups is 1. The van der Waals surface area contributed by atoms with Crippen molar-refractivity contribution in [2.75, 3.05) is 25.1 Å². The molecule has 6 nitrogen and oxygen atoms in total. The van der Waals surface area contributed by atoms with Crippen LogP contribution in [0.3, 0.4) is 0 Å². The minimum absolute atomic E-state index is 0.123. The van der Waals surface area contributed by atoms with Gasteiger partial charge in [-0.1, -0.05) is 0 Å². The molecule has 0 atom stereocenters. The molecule has 0 radical (unpaired) electrons. The first-order chi connectivity index (χ1) is 13.6. The number of hydrogen-bond acceptors (Lipinski definition) is 4. The molecule has 2 aromatic carbocycles. The molecule has 0 spiro atoms. The van der Waals surface area contributed by atoms with E-state index in [4.69, 9.17) is 14.2 Å². The molecule has 148 valence electrons. The molecule has 0 bridgehead atoms. The maximum atomic E-state index is 12.2. The van der Waals surface area contributed by atoms with Gasteiger partial charge in [0.2, 0.25) is 0 Å². The van der Waals surface area contributed by atoms with Gasteiger partial charge >= 0.3 is 6.03 Å². The van der Waals surface area contributed by atoms with Crippen molar-refractivity contribution in [2.24, 2.45) is 0 Å². The lowest BCUT2D eigenvalue weighted by atomic mass is 9.97. The summed E-state index contributed by atoms with van der Waals surface area (Å²) in [5.74, 6) is 2.76. The van der Waals surface area contributed by atoms with E-state index >= 15 is 0 Å². The van der Waals surface area contributed by atoms with Crippen molar-refractivity contribution in [1.82, 2.24) is 5.32 Å². The van der Waals surface area contributed by atoms with Crippen molar-refractivity contribution < 1.29 is 19.0 Å². The molecule has 28 heavy (non-hydrogen) atoms. The third-order valence-electron chi connectivity index (χ3n) is 4.90. The zero-order chi connectivity index (χ0) is 19.5. The fourth-order valence-electron chi connectivity index (χ4n) is 3.71. The van der Waals surface area contributed by atoms with Gasteiger partial charge in [-0.05, 0) is 50.6 Å². The molecule has 2 aliphatic rings. The maximum absolute atomic E-state index is 12.2. The number of carbonyl (C=O) groups is 1. The third kappa shape index (κ3) is 4.01. The molecule has 0 saturated carbocycles. The summed E-state index contributed by atoms with van der Waals surface area (Å²) in [7, 11) is 0. The highest BCUT2D eigenvalue weighted by atomic mass is 16.5. The Labute approximate surface area is 165 Å². The Morgan fingerprint density at radius 1 is 1.14 bits per heavy atom. The second-order valence-electron chi connectivity index (χ2n) is 7.34. The fourth-order valence-corrected chi connectivity index (χ4v) is 3.71. The number of benzene rings is 2. The number of amides is 2. The van der Waals surface area contributed by atoms with Crippen LogP contribution in [0, 0.1) is 0 Å². The van der Waals surface area contributed by atoms with Crippen LogP contribution in [0.1, 0.15) is 30.5 Å². The zero-order valence-corrected chi connectivity index (χ0v) is 16.3. The number of nitrogens with one attached hydrogen (secondary N) is 2. The van der Waals surface area contributed by atoms with Crippen LogP contribution in [0.5, 0.6) is 17.2 Å². The number of ether oxygens (including phenoxy) is 3. The molecule has 6 heteroatoms. The van der Waals surface area contributed by atoms with Gasteiger partial charge in [0, 0.05) is 41.8 Å². The van der Waals surface area contributed by atoms with Crippen LogP contribution in [0.15, 0.2) is 30.3 Å². The Balaban J connectivity index is 1.33. The fraction of sp³-hybridized carbons (Fsp3) is 0.409. The number of anilines is 1. The molecule has 0 unspecified atom stereocenters. The smallest absolute Gasteiger partial charge is 0.319 e. The number of hydrogen-bond donors (Lipinski definition) is 2. The summed E-state index contributed by atoms with van der Waals surface area (Å²) >= 11 is 0. The molecule has 0 saturated heterocycles. The minimum atomic E-state index is -0.223. The van der Waals surface area contributed by atoms with Crippen molar-refractivity contribution in [3.05, 3.63) is 47.0 Å². The molecule has 2 heterocycles. The highest BCUT2D eigenvalue weighted by molar-refractivity contribution is 5.89. The van der Waals surface area contributed by atoms with Gasteiger partial charge in [0.05, 0.1) is 19.3 Å². The zero-order valence-electron chi connectivity index (χ0n) is 16.3. The summed E-state index contributed by atoms with van der Waals surface area (Å²) in [5, 5.41) is 5.78. The van der Waals surface area contributed by atoms with E-state index in [1.807, 2.05) is 38.1 Å². The molecule has 4 rings (SSSR count). The van der Waals surface area contributed by atoms with E-state index in [2.05, 4.69) is 16.7 Å². The predicted octanol–water partition coefficient (Wildman–Crippen LogP) is 3.71. The van der Waals surface area contributed by atoms with E-state index in [9.17, 15) is 4.79 Å². The van der Waals surface area contributed by atoms with Gasteiger partial charge in [0.15, 0.2) is 0 Å². The van der Waals surface area contributed by atoms with Crippen molar-refractivity contribution in [2.45, 2.75) is 39.2 Å². The van der Waals surface area contributed by atoms with E-state index in [0.717, 1.165) is 55.4 Å². The molecule has 2 aromatic rings. The van der Waals surface area contributed by atoms with Crippen molar-refractivity contribution in [3.63, 3.8) is 0 Å². The molecular weight excluding hydrogens is 356 g/mol. The number of carbonyl (C=O) groups excluding carboxylic acids is 1. The standard InChI is InChI=1S/C22H26N2O4/c1-14(2)28-17-5-3-16(4-6-17)24-22(25)23-10-7-19-18-9-12-26-20(18)13-15-8-11-27-21(15)19/h3-6,13-14H,7-12H2,1-2H3,(H2,23,24,25). The molecular formula is C22H26N2O4. The monoisotopic (exact) mass is 382 g/mol. The average Bonchev–Trinajstić information content (AvgIpc) is 3.31. The van der Waals surface area contributed by atoms with E-state index in [1.165, 1.54) is 16.7 Å². The first-order valence-corrected chi connectivity index (χ1v) is 9.85. The molecule has 2 amide bonds. The first-order valence-electron chi connectivity index (χ1n) is 9.85. The van der Waals surface area contributed by atoms with Crippen LogP contribution in [0.25, 0.3) is 0 Å². The third-order valence-corrected chi connectivity index (χ3v) is 4.90. The number of fused-ring (bicyclic) bond motifs is 2. The SMILES string of the molecule is CC(C)Oc1ccc(NC(=O)NCCc2c3c(cc4c2OCC4)OCC3)cc1. The maximum Gasteiger partial charge on any atom is 0.319 e. The van der Waals surface area contributed by atoms with E-state index in [-0.39, 0.29) is 12.1 Å². The molecule has 0 aromatic heterocycles. The van der Waals surface area contributed by atoms with Crippen LogP contribution in [-0.2, 0) is 19.3 Å². The van der Waals surface area contributed by atoms with Crippen LogP contribution in [0.2, 0.25) is 0 Å². The van der Waals surface area contributed by atoms with Gasteiger partial charge in [0.1, 0.15) is 17.2 Å². The van der Waals surface area contributed by atoms with Gasteiger partial charge in [-0.3, -0.25) is 0 Å². The summed E-state index contributed by atoms with van der Waals surface area (Å²) in [6, 6.07) is 9.26. The van der Waals surface area contributed by atoms with Gasteiger partial charge in [-0.2, -0.15) is 0 Å². The summed E-state index contributed by atoms with van der Waals surface area (Å²) in [6.45, 7) is 5.93.